The summed E-state index contributed by atoms with van der Waals surface area (Å²) in [6.45, 7) is 0. The molecule has 0 atom stereocenters. The maximum absolute atomic E-state index is 12.6. The molecule has 7 heteroatoms. The summed E-state index contributed by atoms with van der Waals surface area (Å²) in [5.74, 6) is 1.11. The van der Waals surface area contributed by atoms with Gasteiger partial charge < -0.3 is 9.72 Å². The van der Waals surface area contributed by atoms with E-state index in [4.69, 9.17) is 9.72 Å². The van der Waals surface area contributed by atoms with Crippen molar-refractivity contribution >= 4 is 22.1 Å². The van der Waals surface area contributed by atoms with Crippen molar-refractivity contribution in [2.45, 2.75) is 0 Å². The number of hydrogen-bond acceptors (Lipinski definition) is 5. The zero-order valence-corrected chi connectivity index (χ0v) is 15.0. The molecule has 0 spiro atoms. The summed E-state index contributed by atoms with van der Waals surface area (Å²) >= 11 is 0. The van der Waals surface area contributed by atoms with E-state index in [0.29, 0.717) is 28.4 Å². The highest BCUT2D eigenvalue weighted by Crippen LogP contribution is 2.27. The summed E-state index contributed by atoms with van der Waals surface area (Å²) in [5.41, 5.74) is 3.07. The van der Waals surface area contributed by atoms with E-state index >= 15 is 0 Å². The maximum atomic E-state index is 12.6. The van der Waals surface area contributed by atoms with Crippen molar-refractivity contribution < 1.29 is 4.74 Å². The molecule has 0 bridgehead atoms. The normalized spacial score (nSPS) is 11.2. The first-order valence-electron chi connectivity index (χ1n) is 8.71. The molecule has 136 valence electrons. The average molecular weight is 369 g/mol. The first-order chi connectivity index (χ1) is 13.8. The Bertz CT molecular complexity index is 1380. The van der Waals surface area contributed by atoms with Crippen molar-refractivity contribution in [3.63, 3.8) is 0 Å². The molecule has 2 aromatic carbocycles. The average Bonchev–Trinajstić information content (AvgIpc) is 3.08. The summed E-state index contributed by atoms with van der Waals surface area (Å²) < 4.78 is 6.92. The molecule has 0 unspecified atom stereocenters. The molecule has 5 aromatic rings. The van der Waals surface area contributed by atoms with Gasteiger partial charge in [0, 0.05) is 17.1 Å². The van der Waals surface area contributed by atoms with Crippen LogP contribution in [0.3, 0.4) is 0 Å². The lowest BCUT2D eigenvalue weighted by atomic mass is 10.1. The second kappa shape index (κ2) is 6.31. The lowest BCUT2D eigenvalue weighted by molar-refractivity contribution is 0.413. The van der Waals surface area contributed by atoms with E-state index in [-0.39, 0.29) is 5.69 Å². The van der Waals surface area contributed by atoms with Crippen LogP contribution in [0.25, 0.3) is 39.1 Å². The van der Waals surface area contributed by atoms with E-state index in [1.54, 1.807) is 25.6 Å². The van der Waals surface area contributed by atoms with Crippen LogP contribution in [0.1, 0.15) is 0 Å². The van der Waals surface area contributed by atoms with Gasteiger partial charge in [0.1, 0.15) is 11.3 Å². The topological polar surface area (TPSA) is 85.7 Å². The number of nitrogens with one attached hydrogen (secondary N) is 1. The van der Waals surface area contributed by atoms with Gasteiger partial charge in [-0.15, -0.1) is 0 Å². The molecule has 0 aliphatic heterocycles. The quantitative estimate of drug-likeness (QED) is 0.527. The molecule has 5 rings (SSSR count). The highest BCUT2D eigenvalue weighted by molar-refractivity contribution is 5.93. The summed E-state index contributed by atoms with van der Waals surface area (Å²) in [6.07, 6.45) is 3.38. The Morgan fingerprint density at radius 2 is 1.89 bits per heavy atom. The highest BCUT2D eigenvalue weighted by atomic mass is 16.5. The van der Waals surface area contributed by atoms with Crippen LogP contribution in [0.4, 0.5) is 0 Å². The Labute approximate surface area is 159 Å². The molecule has 0 radical (unpaired) electrons. The highest BCUT2D eigenvalue weighted by Gasteiger charge is 2.16. The third-order valence-corrected chi connectivity index (χ3v) is 4.64. The number of aromatic nitrogens is 5. The molecule has 0 amide bonds. The van der Waals surface area contributed by atoms with E-state index in [9.17, 15) is 4.79 Å². The Kier molecular flexibility index (Phi) is 3.65. The third kappa shape index (κ3) is 2.44. The van der Waals surface area contributed by atoms with Gasteiger partial charge in [-0.3, -0.25) is 4.98 Å². The van der Waals surface area contributed by atoms with Crippen LogP contribution in [0, 0.1) is 0 Å². The van der Waals surface area contributed by atoms with Crippen LogP contribution in [0.2, 0.25) is 0 Å². The number of rotatable bonds is 3. The van der Waals surface area contributed by atoms with Crippen LogP contribution in [0.5, 0.6) is 5.75 Å². The number of hydrogen-bond donors (Lipinski definition) is 1. The van der Waals surface area contributed by atoms with Crippen LogP contribution < -0.4 is 10.4 Å². The van der Waals surface area contributed by atoms with Gasteiger partial charge >= 0.3 is 5.69 Å². The fraction of sp³-hybridized carbons (Fsp3) is 0.0476. The van der Waals surface area contributed by atoms with Gasteiger partial charge in [-0.25, -0.2) is 19.3 Å². The van der Waals surface area contributed by atoms with E-state index in [1.165, 1.54) is 4.57 Å². The number of para-hydroxylation sites is 2. The molecule has 0 saturated carbocycles. The summed E-state index contributed by atoms with van der Waals surface area (Å²) in [5, 5.41) is 0.950. The van der Waals surface area contributed by atoms with E-state index < -0.39 is 0 Å². The van der Waals surface area contributed by atoms with Crippen molar-refractivity contribution in [2.24, 2.45) is 0 Å². The predicted octanol–water partition coefficient (Wildman–Crippen LogP) is 3.33. The fourth-order valence-corrected chi connectivity index (χ4v) is 3.36. The van der Waals surface area contributed by atoms with Crippen molar-refractivity contribution in [2.75, 3.05) is 7.11 Å². The first kappa shape index (κ1) is 16.2. The van der Waals surface area contributed by atoms with E-state index in [1.807, 2.05) is 48.5 Å². The van der Waals surface area contributed by atoms with Crippen LogP contribution in [-0.2, 0) is 0 Å². The third-order valence-electron chi connectivity index (χ3n) is 4.64. The molecule has 28 heavy (non-hydrogen) atoms. The number of imidazole rings is 1. The van der Waals surface area contributed by atoms with Crippen molar-refractivity contribution in [3.05, 3.63) is 77.5 Å². The standard InChI is InChI=1S/C21H15N5O2/c1-28-18-10-3-2-9-17(18)26-20-16(24-21(26)27)12-23-19(25-20)14-6-4-8-15-13(14)7-5-11-22-15/h2-12H,1H3,(H,24,27). The zero-order chi connectivity index (χ0) is 19.1. The summed E-state index contributed by atoms with van der Waals surface area (Å²) in [6, 6.07) is 17.0. The Balaban J connectivity index is 1.79. The van der Waals surface area contributed by atoms with Gasteiger partial charge in [-0.2, -0.15) is 0 Å². The smallest absolute Gasteiger partial charge is 0.332 e. The number of benzene rings is 2. The molecule has 0 saturated heterocycles. The minimum atomic E-state index is -0.300. The van der Waals surface area contributed by atoms with Crippen molar-refractivity contribution in [3.8, 4) is 22.8 Å². The Morgan fingerprint density at radius 1 is 1.00 bits per heavy atom. The number of nitrogens with zero attached hydrogens (tertiary/aromatic N) is 4. The second-order valence-corrected chi connectivity index (χ2v) is 6.24. The molecular formula is C21H15N5O2. The molecule has 0 aliphatic rings. The molecule has 7 nitrogen and oxygen atoms in total. The van der Waals surface area contributed by atoms with Gasteiger partial charge in [0.15, 0.2) is 11.5 Å². The second-order valence-electron chi connectivity index (χ2n) is 6.24. The minimum absolute atomic E-state index is 0.300. The molecule has 3 heterocycles. The summed E-state index contributed by atoms with van der Waals surface area (Å²) in [7, 11) is 1.57. The van der Waals surface area contributed by atoms with E-state index in [2.05, 4.69) is 15.0 Å². The maximum Gasteiger partial charge on any atom is 0.332 e. The Hall–Kier alpha value is -4.00. The van der Waals surface area contributed by atoms with Crippen LogP contribution in [0.15, 0.2) is 71.8 Å². The molecular weight excluding hydrogens is 354 g/mol. The number of ether oxygens (including phenoxy) is 1. The largest absolute Gasteiger partial charge is 0.495 e. The number of H-pyrrole nitrogens is 1. The van der Waals surface area contributed by atoms with Crippen molar-refractivity contribution in [1.29, 1.82) is 0 Å². The number of aromatic amines is 1. The Morgan fingerprint density at radius 3 is 2.79 bits per heavy atom. The predicted molar refractivity (Wildman–Crippen MR) is 107 cm³/mol. The van der Waals surface area contributed by atoms with Gasteiger partial charge in [0.2, 0.25) is 0 Å². The van der Waals surface area contributed by atoms with E-state index in [0.717, 1.165) is 16.5 Å². The minimum Gasteiger partial charge on any atom is -0.495 e. The van der Waals surface area contributed by atoms with Crippen molar-refractivity contribution in [1.82, 2.24) is 24.5 Å². The van der Waals surface area contributed by atoms with Crippen LogP contribution in [-0.4, -0.2) is 31.6 Å². The molecule has 0 fully saturated rings. The van der Waals surface area contributed by atoms with Gasteiger partial charge in [0.05, 0.1) is 24.5 Å². The molecule has 1 N–H and O–H groups in total. The van der Waals surface area contributed by atoms with Gasteiger partial charge in [-0.1, -0.05) is 30.3 Å². The number of methoxy groups -OCH3 is 1. The molecule has 0 aliphatic carbocycles. The zero-order valence-electron chi connectivity index (χ0n) is 15.0. The van der Waals surface area contributed by atoms with Gasteiger partial charge in [0.25, 0.3) is 0 Å². The monoisotopic (exact) mass is 369 g/mol. The molecule has 3 aromatic heterocycles. The summed E-state index contributed by atoms with van der Waals surface area (Å²) in [4.78, 5) is 29.0. The number of fused-ring (bicyclic) bond motifs is 2. The van der Waals surface area contributed by atoms with Gasteiger partial charge in [-0.05, 0) is 24.3 Å². The number of pyridine rings is 1. The lowest BCUT2D eigenvalue weighted by Crippen LogP contribution is -2.15. The first-order valence-corrected chi connectivity index (χ1v) is 8.71. The fourth-order valence-electron chi connectivity index (χ4n) is 3.36. The van der Waals surface area contributed by atoms with Crippen LogP contribution >= 0.6 is 0 Å². The SMILES string of the molecule is COc1ccccc1-n1c(=O)[nH]c2cnc(-c3cccc4ncccc34)nc21. The lowest BCUT2D eigenvalue weighted by Gasteiger charge is -2.09.